The van der Waals surface area contributed by atoms with Gasteiger partial charge in [-0.15, -0.1) is 0 Å². The van der Waals surface area contributed by atoms with E-state index in [1.165, 1.54) is 6.07 Å². The predicted octanol–water partition coefficient (Wildman–Crippen LogP) is 5.36. The Kier molecular flexibility index (Phi) is 3.32. The fourth-order valence-electron chi connectivity index (χ4n) is 2.63. The molecular formula is C17H14F3N. The van der Waals surface area contributed by atoms with E-state index in [9.17, 15) is 13.2 Å². The summed E-state index contributed by atoms with van der Waals surface area (Å²) in [6, 6.07) is 11.5. The number of alkyl halides is 3. The fraction of sp³-hybridized carbons (Fsp3) is 0.235. The molecule has 0 aliphatic heterocycles. The van der Waals surface area contributed by atoms with Gasteiger partial charge in [-0.2, -0.15) is 13.2 Å². The van der Waals surface area contributed by atoms with E-state index in [2.05, 4.69) is 4.98 Å². The highest BCUT2D eigenvalue weighted by Crippen LogP contribution is 2.34. The molecule has 0 N–H and O–H groups in total. The van der Waals surface area contributed by atoms with E-state index < -0.39 is 11.7 Å². The summed E-state index contributed by atoms with van der Waals surface area (Å²) in [7, 11) is 0. The van der Waals surface area contributed by atoms with Crippen molar-refractivity contribution in [3.05, 3.63) is 53.7 Å². The van der Waals surface area contributed by atoms with Crippen molar-refractivity contribution in [1.29, 1.82) is 0 Å². The highest BCUT2D eigenvalue weighted by atomic mass is 19.4. The average Bonchev–Trinajstić information content (AvgIpc) is 2.46. The molecule has 0 saturated carbocycles. The lowest BCUT2D eigenvalue weighted by Gasteiger charge is -2.12. The molecule has 0 atom stereocenters. The van der Waals surface area contributed by atoms with Gasteiger partial charge in [-0.05, 0) is 30.0 Å². The van der Waals surface area contributed by atoms with Gasteiger partial charge in [0.25, 0.3) is 0 Å². The minimum absolute atomic E-state index is 0.602. The third-order valence-corrected chi connectivity index (χ3v) is 3.59. The van der Waals surface area contributed by atoms with E-state index in [1.54, 1.807) is 6.07 Å². The summed E-state index contributed by atoms with van der Waals surface area (Å²) in [5, 5.41) is 2.32. The first kappa shape index (κ1) is 13.9. The molecule has 0 amide bonds. The van der Waals surface area contributed by atoms with Gasteiger partial charge in [0.15, 0.2) is 0 Å². The van der Waals surface area contributed by atoms with E-state index in [0.29, 0.717) is 11.8 Å². The molecule has 108 valence electrons. The van der Waals surface area contributed by atoms with Gasteiger partial charge < -0.3 is 0 Å². The Morgan fingerprint density at radius 1 is 0.952 bits per heavy atom. The van der Waals surface area contributed by atoms with Crippen molar-refractivity contribution in [1.82, 2.24) is 4.98 Å². The second kappa shape index (κ2) is 5.02. The number of aryl methyl sites for hydroxylation is 1. The van der Waals surface area contributed by atoms with Crippen molar-refractivity contribution in [3.8, 4) is 0 Å². The number of aromatic nitrogens is 1. The quantitative estimate of drug-likeness (QED) is 0.579. The van der Waals surface area contributed by atoms with Crippen LogP contribution in [0.4, 0.5) is 13.2 Å². The summed E-state index contributed by atoms with van der Waals surface area (Å²) in [6.07, 6.45) is -2.82. The number of pyridine rings is 1. The van der Waals surface area contributed by atoms with Crippen molar-refractivity contribution in [3.63, 3.8) is 0 Å². The van der Waals surface area contributed by atoms with Gasteiger partial charge in [0, 0.05) is 16.5 Å². The number of fused-ring (bicyclic) bond motifs is 3. The molecule has 0 saturated heterocycles. The van der Waals surface area contributed by atoms with Crippen LogP contribution in [-0.4, -0.2) is 4.98 Å². The van der Waals surface area contributed by atoms with Crippen molar-refractivity contribution in [2.24, 2.45) is 0 Å². The third kappa shape index (κ3) is 2.46. The van der Waals surface area contributed by atoms with E-state index in [4.69, 9.17) is 0 Å². The second-order valence-electron chi connectivity index (χ2n) is 5.08. The normalized spacial score (nSPS) is 12.2. The van der Waals surface area contributed by atoms with Gasteiger partial charge in [-0.3, -0.25) is 4.98 Å². The molecule has 0 unspecified atom stereocenters. The molecule has 4 heteroatoms. The van der Waals surface area contributed by atoms with Crippen molar-refractivity contribution < 1.29 is 13.2 Å². The van der Waals surface area contributed by atoms with Crippen LogP contribution in [0.2, 0.25) is 0 Å². The van der Waals surface area contributed by atoms with Gasteiger partial charge >= 0.3 is 6.18 Å². The molecule has 0 fully saturated rings. The van der Waals surface area contributed by atoms with Crippen LogP contribution in [-0.2, 0) is 12.6 Å². The van der Waals surface area contributed by atoms with Crippen LogP contribution < -0.4 is 0 Å². The number of hydrogen-bond acceptors (Lipinski definition) is 1. The molecule has 2 aromatic carbocycles. The summed E-state index contributed by atoms with van der Waals surface area (Å²) < 4.78 is 38.8. The minimum atomic E-state index is -4.33. The largest absolute Gasteiger partial charge is 0.416 e. The number of para-hydroxylation sites is 1. The summed E-state index contributed by atoms with van der Waals surface area (Å²) >= 11 is 0. The molecule has 1 heterocycles. The van der Waals surface area contributed by atoms with E-state index in [-0.39, 0.29) is 0 Å². The summed E-state index contributed by atoms with van der Waals surface area (Å²) in [5.74, 6) is 0. The molecule has 0 aliphatic carbocycles. The van der Waals surface area contributed by atoms with E-state index in [1.807, 2.05) is 31.2 Å². The maximum Gasteiger partial charge on any atom is 0.416 e. The van der Waals surface area contributed by atoms with Crippen molar-refractivity contribution in [2.75, 3.05) is 0 Å². The lowest BCUT2D eigenvalue weighted by atomic mass is 9.99. The number of hydrogen-bond donors (Lipinski definition) is 0. The zero-order chi connectivity index (χ0) is 15.0. The number of rotatable bonds is 2. The SMILES string of the molecule is CCCc1nc2ccccc2c2ccc(C(F)(F)F)cc12. The Hall–Kier alpha value is -2.10. The van der Waals surface area contributed by atoms with Crippen LogP contribution in [0.25, 0.3) is 21.7 Å². The molecule has 0 radical (unpaired) electrons. The third-order valence-electron chi connectivity index (χ3n) is 3.59. The van der Waals surface area contributed by atoms with Crippen LogP contribution in [0, 0.1) is 0 Å². The second-order valence-corrected chi connectivity index (χ2v) is 5.08. The molecule has 0 aliphatic rings. The van der Waals surface area contributed by atoms with E-state index >= 15 is 0 Å². The molecule has 0 bridgehead atoms. The van der Waals surface area contributed by atoms with Crippen molar-refractivity contribution >= 4 is 21.7 Å². The Morgan fingerprint density at radius 2 is 1.71 bits per heavy atom. The summed E-state index contributed by atoms with van der Waals surface area (Å²) in [6.45, 7) is 2.00. The minimum Gasteiger partial charge on any atom is -0.252 e. The highest BCUT2D eigenvalue weighted by Gasteiger charge is 2.30. The van der Waals surface area contributed by atoms with Gasteiger partial charge in [-0.25, -0.2) is 0 Å². The monoisotopic (exact) mass is 289 g/mol. The number of nitrogens with zero attached hydrogens (tertiary/aromatic N) is 1. The lowest BCUT2D eigenvalue weighted by Crippen LogP contribution is -2.05. The molecule has 1 nitrogen and oxygen atoms in total. The molecule has 1 aromatic heterocycles. The Labute approximate surface area is 120 Å². The lowest BCUT2D eigenvalue weighted by molar-refractivity contribution is -0.137. The fourth-order valence-corrected chi connectivity index (χ4v) is 2.63. The summed E-state index contributed by atoms with van der Waals surface area (Å²) in [4.78, 5) is 4.55. The zero-order valence-electron chi connectivity index (χ0n) is 11.5. The first-order valence-corrected chi connectivity index (χ1v) is 6.89. The Bertz CT molecular complexity index is 806. The molecule has 3 rings (SSSR count). The van der Waals surface area contributed by atoms with Gasteiger partial charge in [0.1, 0.15) is 0 Å². The standard InChI is InChI=1S/C17H14F3N/c1-2-5-15-14-10-11(17(18,19)20)8-9-12(14)13-6-3-4-7-16(13)21-15/h3-4,6-10H,2,5H2,1H3. The first-order valence-electron chi connectivity index (χ1n) is 6.89. The average molecular weight is 289 g/mol. The van der Waals surface area contributed by atoms with Gasteiger partial charge in [0.2, 0.25) is 0 Å². The van der Waals surface area contributed by atoms with Crippen LogP contribution in [0.1, 0.15) is 24.6 Å². The molecule has 3 aromatic rings. The maximum absolute atomic E-state index is 12.9. The molecular weight excluding hydrogens is 275 g/mol. The smallest absolute Gasteiger partial charge is 0.252 e. The number of halogens is 3. The predicted molar refractivity (Wildman–Crippen MR) is 78.2 cm³/mol. The van der Waals surface area contributed by atoms with Crippen LogP contribution in [0.15, 0.2) is 42.5 Å². The van der Waals surface area contributed by atoms with Crippen molar-refractivity contribution in [2.45, 2.75) is 25.9 Å². The maximum atomic E-state index is 12.9. The number of benzene rings is 2. The van der Waals surface area contributed by atoms with Crippen LogP contribution in [0.3, 0.4) is 0 Å². The topological polar surface area (TPSA) is 12.9 Å². The van der Waals surface area contributed by atoms with E-state index in [0.717, 1.165) is 34.5 Å². The zero-order valence-corrected chi connectivity index (χ0v) is 11.5. The van der Waals surface area contributed by atoms with Gasteiger partial charge in [-0.1, -0.05) is 37.6 Å². The molecule has 21 heavy (non-hydrogen) atoms. The first-order chi connectivity index (χ1) is 10.0. The van der Waals surface area contributed by atoms with Gasteiger partial charge in [0.05, 0.1) is 11.1 Å². The Balaban J connectivity index is 2.38. The van der Waals surface area contributed by atoms with Crippen LogP contribution >= 0.6 is 0 Å². The Morgan fingerprint density at radius 3 is 2.43 bits per heavy atom. The summed E-state index contributed by atoms with van der Waals surface area (Å²) in [5.41, 5.74) is 0.940. The molecule has 0 spiro atoms. The highest BCUT2D eigenvalue weighted by molar-refractivity contribution is 6.06. The van der Waals surface area contributed by atoms with Crippen LogP contribution in [0.5, 0.6) is 0 Å².